The van der Waals surface area contributed by atoms with E-state index in [1.54, 1.807) is 0 Å². The van der Waals surface area contributed by atoms with Crippen molar-refractivity contribution in [3.8, 4) is 0 Å². The van der Waals surface area contributed by atoms with E-state index in [1.807, 2.05) is 36.6 Å². The molecule has 7 heteroatoms. The molecule has 2 fully saturated rings. The van der Waals surface area contributed by atoms with Crippen molar-refractivity contribution in [2.24, 2.45) is 0 Å². The molecule has 0 radical (unpaired) electrons. The van der Waals surface area contributed by atoms with Gasteiger partial charge in [-0.15, -0.1) is 11.8 Å². The van der Waals surface area contributed by atoms with Gasteiger partial charge in [0, 0.05) is 30.2 Å². The molecule has 2 unspecified atom stereocenters. The molecule has 5 nitrogen and oxygen atoms in total. The summed E-state index contributed by atoms with van der Waals surface area (Å²) in [5.41, 5.74) is 1.15. The number of hydrogen-bond donors (Lipinski definition) is 4. The molecular formula is C27H44N2O3S2. The van der Waals surface area contributed by atoms with Gasteiger partial charge in [-0.25, -0.2) is 0 Å². The summed E-state index contributed by atoms with van der Waals surface area (Å²) in [7, 11) is 0. The predicted molar refractivity (Wildman–Crippen MR) is 147 cm³/mol. The zero-order valence-corrected chi connectivity index (χ0v) is 22.4. The van der Waals surface area contributed by atoms with E-state index in [1.165, 1.54) is 76.0 Å². The molecule has 2 aliphatic carbocycles. The molecule has 2 saturated carbocycles. The number of nitrogens with one attached hydrogen (secondary N) is 2. The molecule has 0 aromatic heterocycles. The summed E-state index contributed by atoms with van der Waals surface area (Å²) >= 11 is 5.91. The minimum Gasteiger partial charge on any atom is -0.481 e. The Balaban J connectivity index is 0.000000266. The van der Waals surface area contributed by atoms with Crippen LogP contribution in [-0.4, -0.2) is 45.9 Å². The number of thioether (sulfide) groups is 1. The molecular weight excluding hydrogens is 464 g/mol. The number of thiol groups is 1. The lowest BCUT2D eigenvalue weighted by Gasteiger charge is -2.30. The first-order valence-corrected chi connectivity index (χ1v) is 14.8. The van der Waals surface area contributed by atoms with Crippen LogP contribution in [-0.2, 0) is 16.0 Å². The number of rotatable bonds is 11. The quantitative estimate of drug-likeness (QED) is 0.223. The van der Waals surface area contributed by atoms with E-state index in [0.29, 0.717) is 12.8 Å². The summed E-state index contributed by atoms with van der Waals surface area (Å²) in [4.78, 5) is 22.5. The standard InChI is InChI=1S/C15H21NO3S2.C12H23N/c1-21-14(7-8-15(18)19)16-13(17)10-12(20)9-11-5-3-2-4-6-11;1-3-7-11(8-4-1)13-12-9-5-2-6-10-12/h2-6,12,14,20H,7-10H2,1H3,(H,16,17)(H,18,19);11-13H,1-10H2. The lowest BCUT2D eigenvalue weighted by molar-refractivity contribution is -0.137. The second-order valence-electron chi connectivity index (χ2n) is 9.61. The van der Waals surface area contributed by atoms with Gasteiger partial charge in [-0.3, -0.25) is 9.59 Å². The Morgan fingerprint density at radius 3 is 2.06 bits per heavy atom. The van der Waals surface area contributed by atoms with Crippen molar-refractivity contribution < 1.29 is 14.7 Å². The number of aliphatic carboxylic acids is 1. The van der Waals surface area contributed by atoms with Gasteiger partial charge in [0.25, 0.3) is 0 Å². The monoisotopic (exact) mass is 508 g/mol. The Kier molecular flexibility index (Phi) is 14.8. The van der Waals surface area contributed by atoms with Gasteiger partial charge in [0.2, 0.25) is 5.91 Å². The van der Waals surface area contributed by atoms with Gasteiger partial charge in [0.1, 0.15) is 0 Å². The van der Waals surface area contributed by atoms with Crippen LogP contribution in [0.2, 0.25) is 0 Å². The minimum absolute atomic E-state index is 0.0469. The average molecular weight is 509 g/mol. The number of amides is 1. The zero-order chi connectivity index (χ0) is 24.6. The molecule has 34 heavy (non-hydrogen) atoms. The Morgan fingerprint density at radius 1 is 1.00 bits per heavy atom. The minimum atomic E-state index is -0.848. The maximum absolute atomic E-state index is 11.9. The van der Waals surface area contributed by atoms with Crippen LogP contribution in [0.4, 0.5) is 0 Å². The first-order chi connectivity index (χ1) is 16.5. The van der Waals surface area contributed by atoms with Crippen molar-refractivity contribution in [3.63, 3.8) is 0 Å². The summed E-state index contributed by atoms with van der Waals surface area (Å²) in [5.74, 6) is -0.935. The molecule has 1 aromatic rings. The highest BCUT2D eigenvalue weighted by atomic mass is 32.2. The average Bonchev–Trinajstić information content (AvgIpc) is 2.84. The molecule has 3 rings (SSSR count). The van der Waals surface area contributed by atoms with E-state index in [9.17, 15) is 9.59 Å². The maximum Gasteiger partial charge on any atom is 0.303 e. The molecule has 1 aromatic carbocycles. The third-order valence-electron chi connectivity index (χ3n) is 6.64. The van der Waals surface area contributed by atoms with Crippen LogP contribution < -0.4 is 10.6 Å². The summed E-state index contributed by atoms with van der Waals surface area (Å²) in [6.07, 6.45) is 18.0. The first-order valence-electron chi connectivity index (χ1n) is 13.0. The maximum atomic E-state index is 11.9. The number of carbonyl (C=O) groups excluding carboxylic acids is 1. The van der Waals surface area contributed by atoms with Gasteiger partial charge < -0.3 is 15.7 Å². The van der Waals surface area contributed by atoms with Crippen LogP contribution in [0.1, 0.15) is 89.0 Å². The highest BCUT2D eigenvalue weighted by molar-refractivity contribution is 7.99. The number of hydrogen-bond acceptors (Lipinski definition) is 5. The smallest absolute Gasteiger partial charge is 0.303 e. The van der Waals surface area contributed by atoms with Crippen molar-refractivity contribution in [1.29, 1.82) is 0 Å². The second kappa shape index (κ2) is 17.3. The normalized spacial score (nSPS) is 18.9. The molecule has 0 bridgehead atoms. The highest BCUT2D eigenvalue weighted by Gasteiger charge is 2.19. The summed E-state index contributed by atoms with van der Waals surface area (Å²) < 4.78 is 0. The fourth-order valence-corrected chi connectivity index (χ4v) is 5.77. The van der Waals surface area contributed by atoms with Crippen molar-refractivity contribution in [1.82, 2.24) is 10.6 Å². The fraction of sp³-hybridized carbons (Fsp3) is 0.704. The van der Waals surface area contributed by atoms with Crippen LogP contribution in [0.5, 0.6) is 0 Å². The van der Waals surface area contributed by atoms with E-state index < -0.39 is 5.97 Å². The third kappa shape index (κ3) is 13.1. The van der Waals surface area contributed by atoms with E-state index in [-0.39, 0.29) is 23.0 Å². The molecule has 2 aliphatic rings. The predicted octanol–water partition coefficient (Wildman–Crippen LogP) is 5.83. The van der Waals surface area contributed by atoms with Crippen LogP contribution in [0.25, 0.3) is 0 Å². The highest BCUT2D eigenvalue weighted by Crippen LogP contribution is 2.22. The van der Waals surface area contributed by atoms with E-state index >= 15 is 0 Å². The van der Waals surface area contributed by atoms with Gasteiger partial charge in [0.15, 0.2) is 0 Å². The van der Waals surface area contributed by atoms with Crippen LogP contribution in [0.3, 0.4) is 0 Å². The van der Waals surface area contributed by atoms with Crippen LogP contribution >= 0.6 is 24.4 Å². The summed E-state index contributed by atoms with van der Waals surface area (Å²) in [6.45, 7) is 0. The van der Waals surface area contributed by atoms with Gasteiger partial charge >= 0.3 is 5.97 Å². The van der Waals surface area contributed by atoms with Crippen molar-refractivity contribution in [3.05, 3.63) is 35.9 Å². The SMILES string of the molecule is C1CCC(NC2CCCCC2)CC1.CSC(CCC(=O)O)NC(=O)CC(S)Cc1ccccc1. The van der Waals surface area contributed by atoms with Gasteiger partial charge in [-0.1, -0.05) is 68.9 Å². The molecule has 0 aliphatic heterocycles. The number of carboxylic acid groups (broad SMARTS) is 1. The number of carbonyl (C=O) groups is 2. The van der Waals surface area contributed by atoms with E-state index in [4.69, 9.17) is 5.11 Å². The zero-order valence-electron chi connectivity index (χ0n) is 20.7. The summed E-state index contributed by atoms with van der Waals surface area (Å²) in [5, 5.41) is 15.2. The van der Waals surface area contributed by atoms with Crippen molar-refractivity contribution in [2.45, 2.75) is 113 Å². The molecule has 1 amide bonds. The Bertz CT molecular complexity index is 676. The third-order valence-corrected chi connectivity index (χ3v) is 7.93. The Morgan fingerprint density at radius 2 is 1.56 bits per heavy atom. The molecule has 2 atom stereocenters. The number of carboxylic acids is 1. The fourth-order valence-electron chi connectivity index (χ4n) is 4.79. The van der Waals surface area contributed by atoms with Gasteiger partial charge in [0.05, 0.1) is 5.37 Å². The molecule has 0 saturated heterocycles. The molecule has 192 valence electrons. The van der Waals surface area contributed by atoms with Crippen molar-refractivity contribution in [2.75, 3.05) is 6.26 Å². The lowest BCUT2D eigenvalue weighted by Crippen LogP contribution is -2.40. The van der Waals surface area contributed by atoms with Crippen LogP contribution in [0, 0.1) is 0 Å². The van der Waals surface area contributed by atoms with E-state index in [2.05, 4.69) is 23.3 Å². The lowest BCUT2D eigenvalue weighted by atomic mass is 9.91. The second-order valence-corrected chi connectivity index (χ2v) is 11.4. The molecule has 0 heterocycles. The van der Waals surface area contributed by atoms with E-state index in [0.717, 1.165) is 24.1 Å². The molecule has 0 spiro atoms. The summed E-state index contributed by atoms with van der Waals surface area (Å²) in [6, 6.07) is 11.7. The molecule has 3 N–H and O–H groups in total. The first kappa shape index (κ1) is 29.1. The van der Waals surface area contributed by atoms with Crippen molar-refractivity contribution >= 4 is 36.3 Å². The van der Waals surface area contributed by atoms with Gasteiger partial charge in [-0.2, -0.15) is 12.6 Å². The van der Waals surface area contributed by atoms with Crippen LogP contribution in [0.15, 0.2) is 30.3 Å². The largest absolute Gasteiger partial charge is 0.481 e. The topological polar surface area (TPSA) is 78.4 Å². The number of benzene rings is 1. The van der Waals surface area contributed by atoms with Gasteiger partial charge in [-0.05, 0) is 50.3 Å². The Labute approximate surface area is 216 Å². The Hall–Kier alpha value is -1.18.